The highest BCUT2D eigenvalue weighted by atomic mass is 35.5. The van der Waals surface area contributed by atoms with Crippen LogP contribution in [0.25, 0.3) is 11.4 Å². The van der Waals surface area contributed by atoms with Gasteiger partial charge in [0.2, 0.25) is 5.91 Å². The number of hydrogen-bond donors (Lipinski definition) is 1. The van der Waals surface area contributed by atoms with E-state index in [9.17, 15) is 4.79 Å². The van der Waals surface area contributed by atoms with E-state index in [1.165, 1.54) is 11.8 Å². The molecule has 0 fully saturated rings. The van der Waals surface area contributed by atoms with Crippen LogP contribution in [0.5, 0.6) is 0 Å². The van der Waals surface area contributed by atoms with E-state index in [1.807, 2.05) is 36.6 Å². The number of anilines is 1. The fourth-order valence-electron chi connectivity index (χ4n) is 2.57. The van der Waals surface area contributed by atoms with Gasteiger partial charge >= 0.3 is 0 Å². The Morgan fingerprint density at radius 1 is 1.25 bits per heavy atom. The number of benzene rings is 1. The lowest BCUT2D eigenvalue weighted by Crippen LogP contribution is -2.15. The third-order valence-corrected chi connectivity index (χ3v) is 5.09. The van der Waals surface area contributed by atoms with Crippen molar-refractivity contribution in [2.75, 3.05) is 11.1 Å². The second-order valence-corrected chi connectivity index (χ2v) is 7.76. The van der Waals surface area contributed by atoms with Crippen molar-refractivity contribution in [2.45, 2.75) is 25.5 Å². The van der Waals surface area contributed by atoms with E-state index >= 15 is 0 Å². The maximum absolute atomic E-state index is 12.4. The molecule has 0 unspecified atom stereocenters. The predicted molar refractivity (Wildman–Crippen MR) is 114 cm³/mol. The number of aromatic nitrogens is 4. The minimum absolute atomic E-state index is 0.134. The first-order valence-corrected chi connectivity index (χ1v) is 9.97. The topological polar surface area (TPSA) is 72.7 Å². The van der Waals surface area contributed by atoms with Crippen LogP contribution in [0.1, 0.15) is 12.5 Å². The van der Waals surface area contributed by atoms with Gasteiger partial charge in [-0.3, -0.25) is 14.3 Å². The van der Waals surface area contributed by atoms with Gasteiger partial charge in [-0.1, -0.05) is 41.6 Å². The van der Waals surface area contributed by atoms with Crippen LogP contribution in [0.15, 0.2) is 60.0 Å². The van der Waals surface area contributed by atoms with Gasteiger partial charge in [-0.2, -0.15) is 0 Å². The van der Waals surface area contributed by atoms with E-state index in [2.05, 4.69) is 27.1 Å². The summed E-state index contributed by atoms with van der Waals surface area (Å²) in [6.45, 7) is 8.42. The zero-order valence-corrected chi connectivity index (χ0v) is 17.2. The van der Waals surface area contributed by atoms with Crippen LogP contribution >= 0.6 is 23.4 Å². The van der Waals surface area contributed by atoms with E-state index in [-0.39, 0.29) is 11.7 Å². The number of nitrogens with one attached hydrogen (secondary N) is 1. The molecule has 1 aromatic carbocycles. The van der Waals surface area contributed by atoms with Gasteiger partial charge in [0.15, 0.2) is 11.0 Å². The molecule has 2 heterocycles. The number of allylic oxidation sites excluding steroid dienone is 1. The summed E-state index contributed by atoms with van der Waals surface area (Å²) >= 11 is 7.34. The van der Waals surface area contributed by atoms with Crippen LogP contribution in [-0.4, -0.2) is 31.4 Å². The normalized spacial score (nSPS) is 10.7. The molecule has 3 aromatic rings. The molecule has 0 bridgehead atoms. The lowest BCUT2D eigenvalue weighted by Gasteiger charge is -2.11. The Bertz CT molecular complexity index is 1000. The van der Waals surface area contributed by atoms with Crippen molar-refractivity contribution in [2.24, 2.45) is 0 Å². The first kappa shape index (κ1) is 20.1. The molecule has 1 amide bonds. The molecule has 0 spiro atoms. The number of rotatable bonds is 7. The molecule has 0 aliphatic rings. The van der Waals surface area contributed by atoms with Crippen molar-refractivity contribution in [1.29, 1.82) is 0 Å². The maximum Gasteiger partial charge on any atom is 0.234 e. The summed E-state index contributed by atoms with van der Waals surface area (Å²) < 4.78 is 1.96. The maximum atomic E-state index is 12.4. The van der Waals surface area contributed by atoms with E-state index in [4.69, 9.17) is 11.6 Å². The van der Waals surface area contributed by atoms with Crippen molar-refractivity contribution in [3.8, 4) is 11.4 Å². The SMILES string of the molecule is C=C(C)Cn1c(SCC(=O)Nc2cc(Cl)ccc2C)nnc1-c1ccncc1. The Labute approximate surface area is 173 Å². The van der Waals surface area contributed by atoms with Crippen LogP contribution in [0, 0.1) is 6.92 Å². The zero-order valence-electron chi connectivity index (χ0n) is 15.6. The second-order valence-electron chi connectivity index (χ2n) is 6.38. The molecule has 0 aliphatic heterocycles. The smallest absolute Gasteiger partial charge is 0.234 e. The molecule has 3 rings (SSSR count). The Balaban J connectivity index is 1.75. The summed E-state index contributed by atoms with van der Waals surface area (Å²) in [5, 5.41) is 12.7. The number of carbonyl (C=O) groups excluding carboxylic acids is 1. The quantitative estimate of drug-likeness (QED) is 0.452. The average Bonchev–Trinajstić information content (AvgIpc) is 3.05. The fourth-order valence-corrected chi connectivity index (χ4v) is 3.48. The minimum atomic E-state index is -0.134. The molecule has 6 nitrogen and oxygen atoms in total. The van der Waals surface area contributed by atoms with Gasteiger partial charge in [-0.25, -0.2) is 0 Å². The summed E-state index contributed by atoms with van der Waals surface area (Å²) in [6.07, 6.45) is 3.42. The summed E-state index contributed by atoms with van der Waals surface area (Å²) in [7, 11) is 0. The Morgan fingerprint density at radius 3 is 2.71 bits per heavy atom. The van der Waals surface area contributed by atoms with Crippen LogP contribution in [0.3, 0.4) is 0 Å². The second kappa shape index (κ2) is 9.03. The summed E-state index contributed by atoms with van der Waals surface area (Å²) in [4.78, 5) is 16.4. The lowest BCUT2D eigenvalue weighted by molar-refractivity contribution is -0.113. The zero-order chi connectivity index (χ0) is 20.1. The van der Waals surface area contributed by atoms with Crippen molar-refractivity contribution in [3.63, 3.8) is 0 Å². The van der Waals surface area contributed by atoms with Gasteiger partial charge < -0.3 is 5.32 Å². The van der Waals surface area contributed by atoms with Crippen molar-refractivity contribution >= 4 is 35.0 Å². The van der Waals surface area contributed by atoms with Gasteiger partial charge in [0, 0.05) is 35.2 Å². The molecule has 0 atom stereocenters. The highest BCUT2D eigenvalue weighted by Gasteiger charge is 2.16. The Hall–Kier alpha value is -2.64. The molecular formula is C20H20ClN5OS. The Morgan fingerprint density at radius 2 is 2.00 bits per heavy atom. The molecule has 0 aliphatic carbocycles. The molecular weight excluding hydrogens is 394 g/mol. The van der Waals surface area contributed by atoms with Crippen molar-refractivity contribution < 1.29 is 4.79 Å². The number of amides is 1. The first-order valence-electron chi connectivity index (χ1n) is 8.61. The van der Waals surface area contributed by atoms with Crippen molar-refractivity contribution in [1.82, 2.24) is 19.7 Å². The number of nitrogens with zero attached hydrogens (tertiary/aromatic N) is 4. The molecule has 2 aromatic heterocycles. The third-order valence-electron chi connectivity index (χ3n) is 3.89. The van der Waals surface area contributed by atoms with E-state index in [1.54, 1.807) is 24.5 Å². The highest BCUT2D eigenvalue weighted by molar-refractivity contribution is 7.99. The van der Waals surface area contributed by atoms with E-state index < -0.39 is 0 Å². The summed E-state index contributed by atoms with van der Waals surface area (Å²) in [6, 6.07) is 9.16. The number of hydrogen-bond acceptors (Lipinski definition) is 5. The molecule has 1 N–H and O–H groups in total. The van der Waals surface area contributed by atoms with Gasteiger partial charge in [0.1, 0.15) is 0 Å². The largest absolute Gasteiger partial charge is 0.325 e. The first-order chi connectivity index (χ1) is 13.4. The van der Waals surface area contributed by atoms with Crippen LogP contribution < -0.4 is 5.32 Å². The Kier molecular flexibility index (Phi) is 6.49. The molecule has 0 saturated heterocycles. The average molecular weight is 414 g/mol. The highest BCUT2D eigenvalue weighted by Crippen LogP contribution is 2.25. The van der Waals surface area contributed by atoms with Crippen molar-refractivity contribution in [3.05, 3.63) is 65.5 Å². The number of thioether (sulfide) groups is 1. The van der Waals surface area contributed by atoms with Gasteiger partial charge in [-0.05, 0) is 43.7 Å². The van der Waals surface area contributed by atoms with Gasteiger partial charge in [0.05, 0.1) is 5.75 Å². The number of carbonyl (C=O) groups is 1. The molecule has 8 heteroatoms. The molecule has 0 radical (unpaired) electrons. The molecule has 0 saturated carbocycles. The minimum Gasteiger partial charge on any atom is -0.325 e. The third kappa shape index (κ3) is 4.99. The lowest BCUT2D eigenvalue weighted by atomic mass is 10.2. The molecule has 144 valence electrons. The number of pyridine rings is 1. The summed E-state index contributed by atoms with van der Waals surface area (Å²) in [5.41, 5.74) is 3.54. The molecule has 28 heavy (non-hydrogen) atoms. The number of aryl methyl sites for hydroxylation is 1. The monoisotopic (exact) mass is 413 g/mol. The van der Waals surface area contributed by atoms with Gasteiger partial charge in [-0.15, -0.1) is 10.2 Å². The standard InChI is InChI=1S/C20H20ClN5OS/c1-13(2)11-26-19(15-6-8-22-9-7-15)24-25-20(26)28-12-18(27)23-17-10-16(21)5-4-14(17)3/h4-10H,1,11-12H2,2-3H3,(H,23,27). The summed E-state index contributed by atoms with van der Waals surface area (Å²) in [5.74, 6) is 0.793. The number of halogens is 1. The van der Waals surface area contributed by atoms with E-state index in [0.29, 0.717) is 22.4 Å². The van der Waals surface area contributed by atoms with Crippen LogP contribution in [-0.2, 0) is 11.3 Å². The van der Waals surface area contributed by atoms with Crippen LogP contribution in [0.4, 0.5) is 5.69 Å². The predicted octanol–water partition coefficient (Wildman–Crippen LogP) is 4.61. The van der Waals surface area contributed by atoms with Crippen LogP contribution in [0.2, 0.25) is 5.02 Å². The fraction of sp³-hybridized carbons (Fsp3) is 0.200. The van der Waals surface area contributed by atoms with Gasteiger partial charge in [0.25, 0.3) is 0 Å². The van der Waals surface area contributed by atoms with E-state index in [0.717, 1.165) is 22.5 Å².